The number of hydrogen-bond acceptors (Lipinski definition) is 4. The summed E-state index contributed by atoms with van der Waals surface area (Å²) < 4.78 is 10.5. The zero-order valence-electron chi connectivity index (χ0n) is 13.5. The molecule has 0 saturated carbocycles. The van der Waals surface area contributed by atoms with E-state index in [-0.39, 0.29) is 12.6 Å². The van der Waals surface area contributed by atoms with Crippen molar-refractivity contribution in [1.82, 2.24) is 10.2 Å². The minimum absolute atomic E-state index is 0.173. The third-order valence-electron chi connectivity index (χ3n) is 4.06. The van der Waals surface area contributed by atoms with Crippen molar-refractivity contribution in [3.8, 4) is 0 Å². The predicted molar refractivity (Wildman–Crippen MR) is 86.7 cm³/mol. The lowest BCUT2D eigenvalue weighted by atomic mass is 9.97. The molecule has 1 aliphatic heterocycles. The topological polar surface area (TPSA) is 71.8 Å². The quantitative estimate of drug-likeness (QED) is 0.877. The summed E-state index contributed by atoms with van der Waals surface area (Å²) in [5.41, 5.74) is 2.55. The summed E-state index contributed by atoms with van der Waals surface area (Å²) in [4.78, 5) is 26.1. The molecule has 0 radical (unpaired) electrons. The van der Waals surface area contributed by atoms with Gasteiger partial charge >= 0.3 is 12.0 Å². The van der Waals surface area contributed by atoms with E-state index in [2.05, 4.69) is 5.32 Å². The van der Waals surface area contributed by atoms with Gasteiger partial charge in [-0.3, -0.25) is 0 Å². The highest BCUT2D eigenvalue weighted by atomic mass is 16.5. The molecule has 0 bridgehead atoms. The van der Waals surface area contributed by atoms with Crippen LogP contribution in [0.5, 0.6) is 0 Å². The molecule has 1 aliphatic rings. The number of esters is 1. The van der Waals surface area contributed by atoms with E-state index in [4.69, 9.17) is 9.15 Å². The number of hydrogen-bond donors (Lipinski definition) is 1. The van der Waals surface area contributed by atoms with Gasteiger partial charge in [0.25, 0.3) is 0 Å². The van der Waals surface area contributed by atoms with Crippen molar-refractivity contribution in [2.45, 2.75) is 19.6 Å². The maximum atomic E-state index is 12.7. The first-order valence-corrected chi connectivity index (χ1v) is 7.56. The summed E-state index contributed by atoms with van der Waals surface area (Å²) in [6.45, 7) is 1.90. The van der Waals surface area contributed by atoms with E-state index in [1.165, 1.54) is 17.4 Å². The van der Waals surface area contributed by atoms with Crippen LogP contribution in [0.4, 0.5) is 4.79 Å². The van der Waals surface area contributed by atoms with Gasteiger partial charge in [-0.1, -0.05) is 30.3 Å². The van der Waals surface area contributed by atoms with Crippen molar-refractivity contribution in [3.63, 3.8) is 0 Å². The summed E-state index contributed by atoms with van der Waals surface area (Å²) in [5.74, 6) is -0.464. The number of carbonyl (C=O) groups excluding carboxylic acids is 2. The summed E-state index contributed by atoms with van der Waals surface area (Å²) >= 11 is 0. The van der Waals surface area contributed by atoms with Crippen LogP contribution in [-0.2, 0) is 16.1 Å². The molecule has 124 valence electrons. The van der Waals surface area contributed by atoms with Gasteiger partial charge < -0.3 is 19.4 Å². The average molecular weight is 326 g/mol. The molecule has 0 saturated heterocycles. The fraction of sp³-hybridized carbons (Fsp3) is 0.222. The van der Waals surface area contributed by atoms with Gasteiger partial charge in [0.15, 0.2) is 0 Å². The Morgan fingerprint density at radius 3 is 2.71 bits per heavy atom. The molecule has 0 aliphatic carbocycles. The Kier molecular flexibility index (Phi) is 4.37. The average Bonchev–Trinajstić information content (AvgIpc) is 3.12. The molecule has 2 aromatic rings. The molecule has 1 N–H and O–H groups in total. The number of urea groups is 1. The highest BCUT2D eigenvalue weighted by Gasteiger charge is 2.35. The van der Waals surface area contributed by atoms with Gasteiger partial charge in [-0.25, -0.2) is 9.59 Å². The number of nitrogens with zero attached hydrogens (tertiary/aromatic N) is 1. The number of ether oxygens (including phenoxy) is 1. The number of furan rings is 1. The van der Waals surface area contributed by atoms with Crippen molar-refractivity contribution < 1.29 is 18.7 Å². The Labute approximate surface area is 139 Å². The van der Waals surface area contributed by atoms with Crippen LogP contribution in [-0.4, -0.2) is 23.9 Å². The number of allylic oxidation sites excluding steroid dienone is 1. The third-order valence-corrected chi connectivity index (χ3v) is 4.06. The van der Waals surface area contributed by atoms with Crippen LogP contribution < -0.4 is 5.32 Å². The largest absolute Gasteiger partial charge is 0.472 e. The number of carbonyl (C=O) groups is 2. The number of nitrogens with one attached hydrogen (secondary N) is 1. The zero-order valence-corrected chi connectivity index (χ0v) is 13.5. The van der Waals surface area contributed by atoms with Crippen LogP contribution in [0.2, 0.25) is 0 Å². The molecule has 0 fully saturated rings. The van der Waals surface area contributed by atoms with Gasteiger partial charge in [0.1, 0.15) is 6.61 Å². The van der Waals surface area contributed by atoms with Crippen LogP contribution in [0.1, 0.15) is 24.1 Å². The summed E-state index contributed by atoms with van der Waals surface area (Å²) in [5, 5.41) is 2.80. The van der Waals surface area contributed by atoms with Gasteiger partial charge in [0.2, 0.25) is 0 Å². The lowest BCUT2D eigenvalue weighted by molar-refractivity contribution is -0.141. The summed E-state index contributed by atoms with van der Waals surface area (Å²) in [7, 11) is 1.61. The van der Waals surface area contributed by atoms with Crippen LogP contribution in [0.3, 0.4) is 0 Å². The van der Waals surface area contributed by atoms with Crippen molar-refractivity contribution in [3.05, 3.63) is 71.3 Å². The first-order valence-electron chi connectivity index (χ1n) is 7.56. The molecule has 6 heteroatoms. The van der Waals surface area contributed by atoms with E-state index >= 15 is 0 Å². The normalized spacial score (nSPS) is 17.7. The first-order chi connectivity index (χ1) is 11.6. The molecule has 24 heavy (non-hydrogen) atoms. The monoisotopic (exact) mass is 326 g/mol. The fourth-order valence-electron chi connectivity index (χ4n) is 2.59. The second kappa shape index (κ2) is 6.62. The van der Waals surface area contributed by atoms with E-state index in [1.807, 2.05) is 30.3 Å². The molecule has 2 heterocycles. The highest BCUT2D eigenvalue weighted by Crippen LogP contribution is 2.31. The summed E-state index contributed by atoms with van der Waals surface area (Å²) in [6.07, 6.45) is 3.01. The molecule has 3 rings (SSSR count). The SMILES string of the molecule is CC1=C(C(=O)OCc2ccccc2)C(c2ccoc2)NC(=O)N1C. The number of amides is 2. The molecule has 1 aromatic carbocycles. The van der Waals surface area contributed by atoms with Gasteiger partial charge in [-0.15, -0.1) is 0 Å². The molecule has 1 atom stereocenters. The second-order valence-electron chi connectivity index (χ2n) is 5.56. The van der Waals surface area contributed by atoms with Crippen molar-refractivity contribution in [1.29, 1.82) is 0 Å². The minimum Gasteiger partial charge on any atom is -0.472 e. The van der Waals surface area contributed by atoms with E-state index < -0.39 is 12.0 Å². The molecular formula is C18H18N2O4. The van der Waals surface area contributed by atoms with Gasteiger partial charge in [-0.2, -0.15) is 0 Å². The summed E-state index contributed by atoms with van der Waals surface area (Å²) in [6, 6.07) is 10.3. The first kappa shape index (κ1) is 15.9. The molecule has 1 aromatic heterocycles. The van der Waals surface area contributed by atoms with Crippen LogP contribution >= 0.6 is 0 Å². The number of rotatable bonds is 4. The minimum atomic E-state index is -0.587. The lowest BCUT2D eigenvalue weighted by Crippen LogP contribution is -2.46. The van der Waals surface area contributed by atoms with E-state index in [1.54, 1.807) is 20.0 Å². The fourth-order valence-corrected chi connectivity index (χ4v) is 2.59. The van der Waals surface area contributed by atoms with Crippen LogP contribution in [0.15, 0.2) is 64.6 Å². The standard InChI is InChI=1S/C18H18N2O4/c1-12-15(17(21)24-10-13-6-4-3-5-7-13)16(14-8-9-23-11-14)19-18(22)20(12)2/h3-9,11,16H,10H2,1-2H3,(H,19,22). The van der Waals surface area contributed by atoms with Gasteiger partial charge in [-0.05, 0) is 18.6 Å². The molecule has 6 nitrogen and oxygen atoms in total. The molecule has 1 unspecified atom stereocenters. The maximum Gasteiger partial charge on any atom is 0.338 e. The van der Waals surface area contributed by atoms with E-state index in [0.29, 0.717) is 16.8 Å². The second-order valence-corrected chi connectivity index (χ2v) is 5.56. The molecule has 2 amide bonds. The third kappa shape index (κ3) is 3.03. The van der Waals surface area contributed by atoms with Crippen LogP contribution in [0.25, 0.3) is 0 Å². The van der Waals surface area contributed by atoms with E-state index in [0.717, 1.165) is 5.56 Å². The maximum absolute atomic E-state index is 12.7. The lowest BCUT2D eigenvalue weighted by Gasteiger charge is -2.32. The Hall–Kier alpha value is -3.02. The highest BCUT2D eigenvalue weighted by molar-refractivity contribution is 5.94. The molecular weight excluding hydrogens is 308 g/mol. The van der Waals surface area contributed by atoms with Gasteiger partial charge in [0, 0.05) is 18.3 Å². The van der Waals surface area contributed by atoms with Crippen molar-refractivity contribution in [2.24, 2.45) is 0 Å². The Balaban J connectivity index is 1.86. The van der Waals surface area contributed by atoms with E-state index in [9.17, 15) is 9.59 Å². The molecule has 0 spiro atoms. The smallest absolute Gasteiger partial charge is 0.338 e. The van der Waals surface area contributed by atoms with Crippen LogP contribution in [0, 0.1) is 0 Å². The Morgan fingerprint density at radius 1 is 1.29 bits per heavy atom. The zero-order chi connectivity index (χ0) is 17.1. The predicted octanol–water partition coefficient (Wildman–Crippen LogP) is 2.99. The number of benzene rings is 1. The van der Waals surface area contributed by atoms with Crippen molar-refractivity contribution in [2.75, 3.05) is 7.05 Å². The Bertz CT molecular complexity index is 766. The Morgan fingerprint density at radius 2 is 2.04 bits per heavy atom. The van der Waals surface area contributed by atoms with Crippen molar-refractivity contribution >= 4 is 12.0 Å². The van der Waals surface area contributed by atoms with Gasteiger partial charge in [0.05, 0.1) is 24.1 Å².